The zero-order valence-electron chi connectivity index (χ0n) is 16.0. The lowest BCUT2D eigenvalue weighted by atomic mass is 10.1. The number of hydrogen-bond acceptors (Lipinski definition) is 9. The van der Waals surface area contributed by atoms with Gasteiger partial charge in [0.25, 0.3) is 0 Å². The third kappa shape index (κ3) is 6.06. The topological polar surface area (TPSA) is 144 Å². The van der Waals surface area contributed by atoms with E-state index in [0.29, 0.717) is 6.61 Å². The van der Waals surface area contributed by atoms with E-state index in [-0.39, 0.29) is 13.2 Å². The third-order valence-corrected chi connectivity index (χ3v) is 5.13. The van der Waals surface area contributed by atoms with Gasteiger partial charge in [0.1, 0.15) is 30.5 Å². The van der Waals surface area contributed by atoms with Crippen molar-refractivity contribution in [1.29, 1.82) is 0 Å². The summed E-state index contributed by atoms with van der Waals surface area (Å²) in [5.41, 5.74) is 5.77. The fourth-order valence-corrected chi connectivity index (χ4v) is 3.42. The molecule has 0 aromatic rings. The normalized spacial score (nSPS) is 39.3. The number of rotatable bonds is 12. The molecular formula is C18H35NO8. The molecule has 9 nitrogen and oxygen atoms in total. The largest absolute Gasteiger partial charge is 0.394 e. The van der Waals surface area contributed by atoms with Crippen LogP contribution in [0.25, 0.3) is 0 Å². The van der Waals surface area contributed by atoms with Gasteiger partial charge in [0.05, 0.1) is 19.3 Å². The van der Waals surface area contributed by atoms with Crippen molar-refractivity contribution in [3.63, 3.8) is 0 Å². The Kier molecular flexibility index (Phi) is 9.85. The maximum Gasteiger partial charge on any atom is 0.186 e. The maximum atomic E-state index is 10.5. The Bertz CT molecular complexity index is 415. The smallest absolute Gasteiger partial charge is 0.186 e. The van der Waals surface area contributed by atoms with Gasteiger partial charge in [0.15, 0.2) is 12.6 Å². The van der Waals surface area contributed by atoms with Crippen LogP contribution < -0.4 is 5.73 Å². The van der Waals surface area contributed by atoms with Crippen LogP contribution in [0.2, 0.25) is 0 Å². The van der Waals surface area contributed by atoms with E-state index in [1.807, 2.05) is 0 Å². The standard InChI is InChI=1S/C18H35NO8/c1-2-3-4-5-6-7-8-24-17-15(23)16(12(10-21)26-17)27-18-14(22)13(19)11(9-20)25-18/h11-18,20-23H,2-10,19H2,1H3/t11-,12-,13-,14+,15+,16-,17+,18-/m1/s1. The van der Waals surface area contributed by atoms with E-state index >= 15 is 0 Å². The number of ether oxygens (including phenoxy) is 4. The second-order valence-corrected chi connectivity index (χ2v) is 7.25. The Hall–Kier alpha value is -0.360. The summed E-state index contributed by atoms with van der Waals surface area (Å²) in [6.07, 6.45) is -0.112. The molecule has 0 spiro atoms. The van der Waals surface area contributed by atoms with E-state index in [2.05, 4.69) is 6.92 Å². The number of aliphatic hydroxyl groups is 4. The summed E-state index contributed by atoms with van der Waals surface area (Å²) in [6.45, 7) is 1.89. The van der Waals surface area contributed by atoms with Crippen molar-refractivity contribution in [2.24, 2.45) is 5.73 Å². The summed E-state index contributed by atoms with van der Waals surface area (Å²) in [7, 11) is 0. The van der Waals surface area contributed by atoms with E-state index < -0.39 is 49.1 Å². The van der Waals surface area contributed by atoms with E-state index in [1.54, 1.807) is 0 Å². The molecule has 2 saturated heterocycles. The first-order chi connectivity index (χ1) is 13.0. The minimum atomic E-state index is -1.16. The molecule has 160 valence electrons. The molecule has 0 aliphatic carbocycles. The van der Waals surface area contributed by atoms with Crippen LogP contribution >= 0.6 is 0 Å². The molecule has 6 N–H and O–H groups in total. The molecule has 0 radical (unpaired) electrons. The van der Waals surface area contributed by atoms with Crippen LogP contribution in [-0.4, -0.2) is 89.4 Å². The molecular weight excluding hydrogens is 358 g/mol. The molecule has 0 aromatic heterocycles. The summed E-state index contributed by atoms with van der Waals surface area (Å²) in [5, 5.41) is 39.3. The third-order valence-electron chi connectivity index (χ3n) is 5.13. The molecule has 8 atom stereocenters. The van der Waals surface area contributed by atoms with Crippen molar-refractivity contribution in [3.8, 4) is 0 Å². The SMILES string of the molecule is CCCCCCCCO[C@H]1O[C@H](CO)[C@@H](O[C@H]2O[C@H](CO)[C@@H](N)[C@@H]2O)[C@@H]1O. The quantitative estimate of drug-likeness (QED) is 0.270. The van der Waals surface area contributed by atoms with E-state index in [1.165, 1.54) is 19.3 Å². The predicted octanol–water partition coefficient (Wildman–Crippen LogP) is -0.768. The van der Waals surface area contributed by atoms with Crippen LogP contribution in [0.1, 0.15) is 45.4 Å². The highest BCUT2D eigenvalue weighted by Crippen LogP contribution is 2.30. The summed E-state index contributed by atoms with van der Waals surface area (Å²) in [4.78, 5) is 0. The van der Waals surface area contributed by atoms with Crippen molar-refractivity contribution in [1.82, 2.24) is 0 Å². The molecule has 0 amide bonds. The van der Waals surface area contributed by atoms with E-state index in [0.717, 1.165) is 19.3 Å². The van der Waals surface area contributed by atoms with Gasteiger partial charge in [-0.2, -0.15) is 0 Å². The molecule has 2 rings (SSSR count). The maximum absolute atomic E-state index is 10.5. The average Bonchev–Trinajstić information content (AvgIpc) is 3.12. The van der Waals surface area contributed by atoms with Crippen LogP contribution in [0, 0.1) is 0 Å². The molecule has 2 aliphatic rings. The molecule has 0 bridgehead atoms. The Morgan fingerprint density at radius 1 is 0.852 bits per heavy atom. The highest BCUT2D eigenvalue weighted by atomic mass is 16.7. The Morgan fingerprint density at radius 2 is 1.48 bits per heavy atom. The summed E-state index contributed by atoms with van der Waals surface area (Å²) in [5.74, 6) is 0. The van der Waals surface area contributed by atoms with Crippen molar-refractivity contribution in [3.05, 3.63) is 0 Å². The van der Waals surface area contributed by atoms with Crippen LogP contribution in [-0.2, 0) is 18.9 Å². The van der Waals surface area contributed by atoms with Crippen LogP contribution in [0.3, 0.4) is 0 Å². The number of nitrogens with two attached hydrogens (primary N) is 1. The molecule has 27 heavy (non-hydrogen) atoms. The van der Waals surface area contributed by atoms with Gasteiger partial charge in [-0.3, -0.25) is 0 Å². The first-order valence-electron chi connectivity index (χ1n) is 9.94. The molecule has 2 aliphatic heterocycles. The Balaban J connectivity index is 1.78. The molecule has 2 heterocycles. The van der Waals surface area contributed by atoms with Crippen molar-refractivity contribution >= 4 is 0 Å². The average molecular weight is 393 g/mol. The zero-order valence-corrected chi connectivity index (χ0v) is 16.0. The van der Waals surface area contributed by atoms with Crippen LogP contribution in [0.15, 0.2) is 0 Å². The van der Waals surface area contributed by atoms with Gasteiger partial charge in [0.2, 0.25) is 0 Å². The summed E-state index contributed by atoms with van der Waals surface area (Å²) < 4.78 is 22.2. The first-order valence-corrected chi connectivity index (χ1v) is 9.94. The second kappa shape index (κ2) is 11.6. The van der Waals surface area contributed by atoms with Gasteiger partial charge in [-0.15, -0.1) is 0 Å². The predicted molar refractivity (Wildman–Crippen MR) is 95.7 cm³/mol. The van der Waals surface area contributed by atoms with Crippen LogP contribution in [0.4, 0.5) is 0 Å². The summed E-state index contributed by atoms with van der Waals surface area (Å²) in [6, 6.07) is -0.799. The van der Waals surface area contributed by atoms with Crippen LogP contribution in [0.5, 0.6) is 0 Å². The molecule has 0 unspecified atom stereocenters. The number of hydrogen-bond donors (Lipinski definition) is 5. The highest BCUT2D eigenvalue weighted by molar-refractivity contribution is 4.93. The second-order valence-electron chi connectivity index (χ2n) is 7.25. The Labute approximate surface area is 160 Å². The van der Waals surface area contributed by atoms with Gasteiger partial charge in [-0.25, -0.2) is 0 Å². The first kappa shape index (κ1) is 22.9. The lowest BCUT2D eigenvalue weighted by Crippen LogP contribution is -2.45. The molecule has 2 fully saturated rings. The fraction of sp³-hybridized carbons (Fsp3) is 1.00. The minimum absolute atomic E-state index is 0.352. The van der Waals surface area contributed by atoms with E-state index in [9.17, 15) is 20.4 Å². The summed E-state index contributed by atoms with van der Waals surface area (Å²) >= 11 is 0. The monoisotopic (exact) mass is 393 g/mol. The zero-order chi connectivity index (χ0) is 19.8. The lowest BCUT2D eigenvalue weighted by Gasteiger charge is -2.25. The minimum Gasteiger partial charge on any atom is -0.394 e. The van der Waals surface area contributed by atoms with Gasteiger partial charge >= 0.3 is 0 Å². The van der Waals surface area contributed by atoms with Crippen molar-refractivity contribution in [2.75, 3.05) is 19.8 Å². The van der Waals surface area contributed by atoms with Gasteiger partial charge in [-0.05, 0) is 6.42 Å². The van der Waals surface area contributed by atoms with Crippen molar-refractivity contribution < 1.29 is 39.4 Å². The Morgan fingerprint density at radius 3 is 2.11 bits per heavy atom. The van der Waals surface area contributed by atoms with Crippen molar-refractivity contribution in [2.45, 2.75) is 94.6 Å². The molecule has 0 saturated carbocycles. The van der Waals surface area contributed by atoms with Gasteiger partial charge in [-0.1, -0.05) is 39.0 Å². The molecule has 0 aromatic carbocycles. The van der Waals surface area contributed by atoms with Gasteiger partial charge in [0, 0.05) is 6.61 Å². The van der Waals surface area contributed by atoms with Gasteiger partial charge < -0.3 is 45.1 Å². The van der Waals surface area contributed by atoms with E-state index in [4.69, 9.17) is 24.7 Å². The fourth-order valence-electron chi connectivity index (χ4n) is 3.42. The molecule has 9 heteroatoms. The number of aliphatic hydroxyl groups excluding tert-OH is 4. The highest BCUT2D eigenvalue weighted by Gasteiger charge is 2.50. The number of unbranched alkanes of at least 4 members (excludes halogenated alkanes) is 5. The lowest BCUT2D eigenvalue weighted by molar-refractivity contribution is -0.215.